The van der Waals surface area contributed by atoms with E-state index in [1.807, 2.05) is 11.3 Å². The first-order valence-corrected chi connectivity index (χ1v) is 8.18. The Hall–Kier alpha value is -1.60. The highest BCUT2D eigenvalue weighted by molar-refractivity contribution is 7.15. The molecule has 2 aromatic carbocycles. The molecule has 0 unspecified atom stereocenters. The average molecular weight is 280 g/mol. The second-order valence-electron chi connectivity index (χ2n) is 5.35. The zero-order valence-electron chi connectivity index (χ0n) is 12.1. The minimum atomic E-state index is 1.21. The van der Waals surface area contributed by atoms with Crippen LogP contribution < -0.4 is 0 Å². The van der Waals surface area contributed by atoms with Gasteiger partial charge >= 0.3 is 0 Å². The largest absolute Gasteiger partial charge is 0.140 e. The van der Waals surface area contributed by atoms with Crippen LogP contribution in [0.15, 0.2) is 48.5 Å². The summed E-state index contributed by atoms with van der Waals surface area (Å²) >= 11 is 1.95. The van der Waals surface area contributed by atoms with Gasteiger partial charge in [0.05, 0.1) is 0 Å². The van der Waals surface area contributed by atoms with Gasteiger partial charge in [0.2, 0.25) is 0 Å². The number of unbranched alkanes of at least 4 members (excludes halogenated alkanes) is 1. The normalized spacial score (nSPS) is 11.1. The van der Waals surface area contributed by atoms with Crippen LogP contribution in [0.25, 0.3) is 21.2 Å². The molecule has 0 aliphatic heterocycles. The number of fused-ring (bicyclic) bond motifs is 1. The number of thiophene rings is 1. The smallest absolute Gasteiger partial charge is 0.0354 e. The van der Waals surface area contributed by atoms with Gasteiger partial charge in [-0.05, 0) is 48.2 Å². The highest BCUT2D eigenvalue weighted by atomic mass is 32.1. The predicted octanol–water partition coefficient (Wildman–Crippen LogP) is 6.22. The lowest BCUT2D eigenvalue weighted by Gasteiger charge is -2.08. The molecule has 3 aromatic rings. The van der Waals surface area contributed by atoms with Crippen molar-refractivity contribution in [2.75, 3.05) is 0 Å². The molecule has 0 spiro atoms. The summed E-state index contributed by atoms with van der Waals surface area (Å²) in [6.07, 6.45) is 3.76. The number of rotatable bonds is 4. The van der Waals surface area contributed by atoms with E-state index in [-0.39, 0.29) is 0 Å². The van der Waals surface area contributed by atoms with Crippen LogP contribution in [0.1, 0.15) is 30.2 Å². The summed E-state index contributed by atoms with van der Waals surface area (Å²) in [5, 5.41) is 2.70. The fourth-order valence-electron chi connectivity index (χ4n) is 2.71. The molecule has 0 radical (unpaired) electrons. The molecule has 0 amide bonds. The van der Waals surface area contributed by atoms with Crippen LogP contribution in [-0.2, 0) is 6.42 Å². The predicted molar refractivity (Wildman–Crippen MR) is 90.6 cm³/mol. The van der Waals surface area contributed by atoms with Crippen LogP contribution in [0.3, 0.4) is 0 Å². The van der Waals surface area contributed by atoms with Crippen molar-refractivity contribution in [2.24, 2.45) is 0 Å². The maximum absolute atomic E-state index is 2.30. The molecular weight excluding hydrogens is 260 g/mol. The quantitative estimate of drug-likeness (QED) is 0.532. The van der Waals surface area contributed by atoms with Crippen LogP contribution in [0.5, 0.6) is 0 Å². The van der Waals surface area contributed by atoms with Crippen LogP contribution in [0.4, 0.5) is 0 Å². The van der Waals surface area contributed by atoms with Crippen molar-refractivity contribution in [1.29, 1.82) is 0 Å². The lowest BCUT2D eigenvalue weighted by atomic mass is 9.99. The van der Waals surface area contributed by atoms with Crippen molar-refractivity contribution in [3.05, 3.63) is 59.0 Å². The van der Waals surface area contributed by atoms with Crippen molar-refractivity contribution < 1.29 is 0 Å². The molecule has 102 valence electrons. The Morgan fingerprint density at radius 1 is 0.950 bits per heavy atom. The highest BCUT2D eigenvalue weighted by Gasteiger charge is 2.09. The van der Waals surface area contributed by atoms with Gasteiger partial charge in [0.15, 0.2) is 0 Å². The monoisotopic (exact) mass is 280 g/mol. The van der Waals surface area contributed by atoms with Crippen molar-refractivity contribution >= 4 is 22.1 Å². The first kappa shape index (κ1) is 13.4. The number of benzene rings is 2. The van der Waals surface area contributed by atoms with Crippen molar-refractivity contribution in [1.82, 2.24) is 0 Å². The number of aryl methyl sites for hydroxylation is 2. The Morgan fingerprint density at radius 2 is 1.80 bits per heavy atom. The Bertz CT molecular complexity index is 721. The zero-order valence-corrected chi connectivity index (χ0v) is 13.0. The lowest BCUT2D eigenvalue weighted by molar-refractivity contribution is 0.804. The molecule has 0 atom stereocenters. The molecule has 0 nitrogen and oxygen atoms in total. The van der Waals surface area contributed by atoms with Crippen molar-refractivity contribution in [3.8, 4) is 10.4 Å². The summed E-state index contributed by atoms with van der Waals surface area (Å²) < 4.78 is 0. The first-order chi connectivity index (χ1) is 9.79. The lowest BCUT2D eigenvalue weighted by Crippen LogP contribution is -1.83. The summed E-state index contributed by atoms with van der Waals surface area (Å²) in [5.41, 5.74) is 2.78. The first-order valence-electron chi connectivity index (χ1n) is 7.37. The second kappa shape index (κ2) is 5.80. The van der Waals surface area contributed by atoms with Gasteiger partial charge in [-0.1, -0.05) is 49.7 Å². The fourth-order valence-corrected chi connectivity index (χ4v) is 3.88. The summed E-state index contributed by atoms with van der Waals surface area (Å²) in [7, 11) is 0. The van der Waals surface area contributed by atoms with Gasteiger partial charge in [-0.25, -0.2) is 0 Å². The van der Waals surface area contributed by atoms with Crippen molar-refractivity contribution in [3.63, 3.8) is 0 Å². The van der Waals surface area contributed by atoms with Gasteiger partial charge in [0.25, 0.3) is 0 Å². The molecule has 0 fully saturated rings. The third kappa shape index (κ3) is 2.51. The van der Waals surface area contributed by atoms with E-state index in [2.05, 4.69) is 62.4 Å². The van der Waals surface area contributed by atoms with Crippen LogP contribution in [0.2, 0.25) is 0 Å². The maximum atomic E-state index is 2.30. The summed E-state index contributed by atoms with van der Waals surface area (Å²) in [6.45, 7) is 4.47. The van der Waals surface area contributed by atoms with Crippen LogP contribution in [-0.4, -0.2) is 0 Å². The number of hydrogen-bond acceptors (Lipinski definition) is 1. The summed E-state index contributed by atoms with van der Waals surface area (Å²) in [6, 6.07) is 17.7. The third-order valence-electron chi connectivity index (χ3n) is 3.82. The van der Waals surface area contributed by atoms with E-state index in [1.165, 1.54) is 50.9 Å². The fraction of sp³-hybridized carbons (Fsp3) is 0.263. The molecule has 0 N–H and O–H groups in total. The molecule has 3 rings (SSSR count). The molecule has 20 heavy (non-hydrogen) atoms. The molecule has 0 saturated heterocycles. The van der Waals surface area contributed by atoms with Crippen molar-refractivity contribution in [2.45, 2.75) is 33.1 Å². The molecule has 1 aromatic heterocycles. The molecule has 1 heteroatoms. The molecule has 0 aliphatic carbocycles. The molecule has 0 bridgehead atoms. The van der Waals surface area contributed by atoms with Gasteiger partial charge < -0.3 is 0 Å². The Kier molecular flexibility index (Phi) is 3.88. The van der Waals surface area contributed by atoms with Gasteiger partial charge in [-0.15, -0.1) is 11.3 Å². The van der Waals surface area contributed by atoms with Crippen LogP contribution in [0, 0.1) is 6.92 Å². The van der Waals surface area contributed by atoms with E-state index in [0.29, 0.717) is 0 Å². The third-order valence-corrected chi connectivity index (χ3v) is 4.98. The van der Waals surface area contributed by atoms with E-state index in [0.717, 1.165) is 0 Å². The van der Waals surface area contributed by atoms with E-state index in [1.54, 1.807) is 0 Å². The minimum absolute atomic E-state index is 1.21. The second-order valence-corrected chi connectivity index (χ2v) is 6.52. The SMILES string of the molecule is CCCCc1ccc(-c2c(C)ccc3ccccc23)s1. The molecule has 0 aliphatic rings. The van der Waals surface area contributed by atoms with Crippen LogP contribution >= 0.6 is 11.3 Å². The zero-order chi connectivity index (χ0) is 13.9. The van der Waals surface area contributed by atoms with E-state index in [4.69, 9.17) is 0 Å². The number of hydrogen-bond donors (Lipinski definition) is 0. The molecular formula is C19H20S. The van der Waals surface area contributed by atoms with Gasteiger partial charge in [-0.2, -0.15) is 0 Å². The highest BCUT2D eigenvalue weighted by Crippen LogP contribution is 2.36. The Balaban J connectivity index is 2.09. The minimum Gasteiger partial charge on any atom is -0.140 e. The van der Waals surface area contributed by atoms with E-state index >= 15 is 0 Å². The Morgan fingerprint density at radius 3 is 2.65 bits per heavy atom. The molecule has 1 heterocycles. The Labute approximate surface area is 125 Å². The topological polar surface area (TPSA) is 0 Å². The van der Waals surface area contributed by atoms with Gasteiger partial charge in [0, 0.05) is 15.3 Å². The van der Waals surface area contributed by atoms with Gasteiger partial charge in [0.1, 0.15) is 0 Å². The van der Waals surface area contributed by atoms with E-state index in [9.17, 15) is 0 Å². The van der Waals surface area contributed by atoms with Gasteiger partial charge in [-0.3, -0.25) is 0 Å². The maximum Gasteiger partial charge on any atom is 0.0354 e. The van der Waals surface area contributed by atoms with E-state index < -0.39 is 0 Å². The molecule has 0 saturated carbocycles. The average Bonchev–Trinajstić information content (AvgIpc) is 2.93. The standard InChI is InChI=1S/C19H20S/c1-3-4-8-16-12-13-18(20-16)19-14(2)10-11-15-7-5-6-9-17(15)19/h5-7,9-13H,3-4,8H2,1-2H3. The summed E-state index contributed by atoms with van der Waals surface area (Å²) in [4.78, 5) is 2.92. The summed E-state index contributed by atoms with van der Waals surface area (Å²) in [5.74, 6) is 0.